The average Bonchev–Trinajstić information content (AvgIpc) is 2.98. The molecule has 0 bridgehead atoms. The molecule has 0 saturated carbocycles. The predicted octanol–water partition coefficient (Wildman–Crippen LogP) is 3.46. The van der Waals surface area contributed by atoms with Gasteiger partial charge in [-0.05, 0) is 23.6 Å². The zero-order valence-corrected chi connectivity index (χ0v) is 10.5. The number of hydrogen-bond donors (Lipinski definition) is 1. The fourth-order valence-corrected chi connectivity index (χ4v) is 2.44. The van der Waals surface area contributed by atoms with E-state index >= 15 is 0 Å². The van der Waals surface area contributed by atoms with E-state index in [9.17, 15) is 8.78 Å². The molecule has 19 heavy (non-hydrogen) atoms. The predicted molar refractivity (Wildman–Crippen MR) is 71.2 cm³/mol. The minimum atomic E-state index is -0.681. The first-order chi connectivity index (χ1) is 9.15. The number of thiophene rings is 1. The largest absolute Gasteiger partial charge is 0.396 e. The fourth-order valence-electron chi connectivity index (χ4n) is 1.80. The van der Waals surface area contributed by atoms with Crippen LogP contribution in [0.3, 0.4) is 0 Å². The van der Waals surface area contributed by atoms with E-state index in [4.69, 9.17) is 5.73 Å². The first kappa shape index (κ1) is 11.9. The molecule has 96 valence electrons. The summed E-state index contributed by atoms with van der Waals surface area (Å²) < 4.78 is 27.9. The van der Waals surface area contributed by atoms with Crippen LogP contribution in [0.25, 0.3) is 16.9 Å². The van der Waals surface area contributed by atoms with Gasteiger partial charge < -0.3 is 5.73 Å². The summed E-state index contributed by atoms with van der Waals surface area (Å²) in [5.41, 5.74) is 7.95. The molecule has 3 nitrogen and oxygen atoms in total. The lowest BCUT2D eigenvalue weighted by Gasteiger charge is -2.02. The third kappa shape index (κ3) is 2.10. The van der Waals surface area contributed by atoms with Crippen LogP contribution in [0.4, 0.5) is 14.5 Å². The van der Waals surface area contributed by atoms with Crippen molar-refractivity contribution in [2.75, 3.05) is 5.73 Å². The Morgan fingerprint density at radius 2 is 2.05 bits per heavy atom. The van der Waals surface area contributed by atoms with Crippen molar-refractivity contribution in [3.8, 4) is 16.9 Å². The Morgan fingerprint density at radius 3 is 2.74 bits per heavy atom. The van der Waals surface area contributed by atoms with Gasteiger partial charge in [-0.2, -0.15) is 16.4 Å². The molecule has 0 saturated heterocycles. The summed E-state index contributed by atoms with van der Waals surface area (Å²) in [6.45, 7) is 0. The first-order valence-electron chi connectivity index (χ1n) is 5.48. The molecule has 2 aromatic heterocycles. The third-order valence-electron chi connectivity index (χ3n) is 2.69. The molecule has 1 aromatic carbocycles. The molecular weight excluding hydrogens is 268 g/mol. The molecule has 0 amide bonds. The van der Waals surface area contributed by atoms with Gasteiger partial charge in [-0.1, -0.05) is 0 Å². The average molecular weight is 277 g/mol. The number of rotatable bonds is 2. The van der Waals surface area contributed by atoms with Crippen molar-refractivity contribution in [1.82, 2.24) is 9.78 Å². The van der Waals surface area contributed by atoms with Crippen molar-refractivity contribution in [2.24, 2.45) is 0 Å². The summed E-state index contributed by atoms with van der Waals surface area (Å²) in [6.07, 6.45) is 1.52. The minimum absolute atomic E-state index is 0.162. The van der Waals surface area contributed by atoms with E-state index in [0.717, 1.165) is 11.6 Å². The Morgan fingerprint density at radius 1 is 1.21 bits per heavy atom. The van der Waals surface area contributed by atoms with Crippen LogP contribution in [0.15, 0.2) is 41.2 Å². The van der Waals surface area contributed by atoms with Crippen molar-refractivity contribution in [3.63, 3.8) is 0 Å². The number of benzene rings is 1. The SMILES string of the molecule is Nc1cn(-c2ccc(F)cc2F)nc1-c1ccsc1. The van der Waals surface area contributed by atoms with E-state index < -0.39 is 11.6 Å². The Balaban J connectivity index is 2.10. The van der Waals surface area contributed by atoms with Crippen LogP contribution in [0.2, 0.25) is 0 Å². The lowest BCUT2D eigenvalue weighted by molar-refractivity contribution is 0.574. The van der Waals surface area contributed by atoms with Crippen molar-refractivity contribution >= 4 is 17.0 Å². The van der Waals surface area contributed by atoms with Gasteiger partial charge in [-0.3, -0.25) is 0 Å². The minimum Gasteiger partial charge on any atom is -0.396 e. The Kier molecular flexibility index (Phi) is 2.79. The van der Waals surface area contributed by atoms with E-state index in [1.807, 2.05) is 16.8 Å². The van der Waals surface area contributed by atoms with Crippen molar-refractivity contribution in [2.45, 2.75) is 0 Å². The van der Waals surface area contributed by atoms with Gasteiger partial charge in [0.25, 0.3) is 0 Å². The van der Waals surface area contributed by atoms with Crippen LogP contribution in [0, 0.1) is 11.6 Å². The molecule has 2 N–H and O–H groups in total. The maximum atomic E-state index is 13.7. The highest BCUT2D eigenvalue weighted by Gasteiger charge is 2.12. The topological polar surface area (TPSA) is 43.8 Å². The molecule has 0 aliphatic carbocycles. The summed E-state index contributed by atoms with van der Waals surface area (Å²) in [6, 6.07) is 5.21. The quantitative estimate of drug-likeness (QED) is 0.779. The number of nitrogens with zero attached hydrogens (tertiary/aromatic N) is 2. The summed E-state index contributed by atoms with van der Waals surface area (Å²) in [5, 5.41) is 8.06. The van der Waals surface area contributed by atoms with Gasteiger partial charge >= 0.3 is 0 Å². The standard InChI is InChI=1S/C13H9F2N3S/c14-9-1-2-12(10(15)5-9)18-6-11(16)13(17-18)8-3-4-19-7-8/h1-7H,16H2. The number of nitrogens with two attached hydrogens (primary N) is 1. The first-order valence-corrected chi connectivity index (χ1v) is 6.42. The zero-order chi connectivity index (χ0) is 13.4. The highest BCUT2D eigenvalue weighted by atomic mass is 32.1. The summed E-state index contributed by atoms with van der Waals surface area (Å²) in [5.74, 6) is -1.31. The second-order valence-corrected chi connectivity index (χ2v) is 4.77. The molecular formula is C13H9F2N3S. The van der Waals surface area contributed by atoms with Crippen LogP contribution in [0.5, 0.6) is 0 Å². The van der Waals surface area contributed by atoms with Crippen molar-refractivity contribution in [3.05, 3.63) is 52.9 Å². The van der Waals surface area contributed by atoms with Crippen molar-refractivity contribution in [1.29, 1.82) is 0 Å². The molecule has 3 rings (SSSR count). The molecule has 0 radical (unpaired) electrons. The second-order valence-electron chi connectivity index (χ2n) is 3.99. The number of nitrogen functional groups attached to an aromatic ring is 1. The van der Waals surface area contributed by atoms with Gasteiger partial charge in [-0.15, -0.1) is 0 Å². The molecule has 0 spiro atoms. The molecule has 2 heterocycles. The van der Waals surface area contributed by atoms with Gasteiger partial charge in [0.1, 0.15) is 17.2 Å². The summed E-state index contributed by atoms with van der Waals surface area (Å²) in [7, 11) is 0. The van der Waals surface area contributed by atoms with E-state index in [-0.39, 0.29) is 5.69 Å². The lowest BCUT2D eigenvalue weighted by atomic mass is 10.2. The number of anilines is 1. The van der Waals surface area contributed by atoms with Crippen LogP contribution in [0.1, 0.15) is 0 Å². The summed E-state index contributed by atoms with van der Waals surface area (Å²) in [4.78, 5) is 0. The molecule has 0 aliphatic heterocycles. The highest BCUT2D eigenvalue weighted by Crippen LogP contribution is 2.27. The maximum Gasteiger partial charge on any atom is 0.151 e. The molecule has 3 aromatic rings. The zero-order valence-electron chi connectivity index (χ0n) is 9.68. The summed E-state index contributed by atoms with van der Waals surface area (Å²) >= 11 is 1.52. The van der Waals surface area contributed by atoms with Gasteiger partial charge in [0.2, 0.25) is 0 Å². The molecule has 0 aliphatic rings. The Bertz CT molecular complexity index is 720. The van der Waals surface area contributed by atoms with Gasteiger partial charge in [0.05, 0.1) is 11.9 Å². The monoisotopic (exact) mass is 277 g/mol. The molecule has 0 fully saturated rings. The van der Waals surface area contributed by atoms with Gasteiger partial charge in [0, 0.05) is 17.0 Å². The van der Waals surface area contributed by atoms with Gasteiger partial charge in [-0.25, -0.2) is 13.5 Å². The molecule has 0 unspecified atom stereocenters. The molecule has 0 atom stereocenters. The fraction of sp³-hybridized carbons (Fsp3) is 0. The van der Waals surface area contributed by atoms with E-state index in [0.29, 0.717) is 11.4 Å². The third-order valence-corrected chi connectivity index (χ3v) is 3.38. The number of hydrogen-bond acceptors (Lipinski definition) is 3. The van der Waals surface area contributed by atoms with Crippen LogP contribution in [-0.4, -0.2) is 9.78 Å². The van der Waals surface area contributed by atoms with Crippen LogP contribution >= 0.6 is 11.3 Å². The smallest absolute Gasteiger partial charge is 0.151 e. The van der Waals surface area contributed by atoms with E-state index in [2.05, 4.69) is 5.10 Å². The lowest BCUT2D eigenvalue weighted by Crippen LogP contribution is -1.99. The van der Waals surface area contributed by atoms with Crippen LogP contribution < -0.4 is 5.73 Å². The normalized spacial score (nSPS) is 10.8. The Hall–Kier alpha value is -2.21. The maximum absolute atomic E-state index is 13.7. The van der Waals surface area contributed by atoms with Gasteiger partial charge in [0.15, 0.2) is 5.82 Å². The van der Waals surface area contributed by atoms with E-state index in [1.54, 1.807) is 0 Å². The van der Waals surface area contributed by atoms with Crippen LogP contribution in [-0.2, 0) is 0 Å². The molecule has 6 heteroatoms. The van der Waals surface area contributed by atoms with E-state index in [1.165, 1.54) is 34.3 Å². The second kappa shape index (κ2) is 4.47. The Labute approximate surface area is 111 Å². The highest BCUT2D eigenvalue weighted by molar-refractivity contribution is 7.08. The number of aromatic nitrogens is 2. The number of halogens is 2. The van der Waals surface area contributed by atoms with Crippen molar-refractivity contribution < 1.29 is 8.78 Å².